The SMILES string of the molecule is Fc1ccc(F)c(F)c1.N[C@@H]1CCCC(N2Cc3cocc3C2)C1. The number of fused-ring (bicyclic) bond motifs is 1. The first kappa shape index (κ1) is 17.0. The molecule has 0 bridgehead atoms. The van der Waals surface area contributed by atoms with E-state index in [1.54, 1.807) is 0 Å². The zero-order chi connectivity index (χ0) is 17.1. The smallest absolute Gasteiger partial charge is 0.161 e. The van der Waals surface area contributed by atoms with Gasteiger partial charge in [0.1, 0.15) is 5.82 Å². The minimum Gasteiger partial charge on any atom is -0.472 e. The van der Waals surface area contributed by atoms with Crippen LogP contribution in [0.1, 0.15) is 36.8 Å². The summed E-state index contributed by atoms with van der Waals surface area (Å²) in [6.45, 7) is 2.12. The Kier molecular flexibility index (Phi) is 5.26. The fourth-order valence-corrected chi connectivity index (χ4v) is 3.38. The summed E-state index contributed by atoms with van der Waals surface area (Å²) in [5.41, 5.74) is 8.77. The second-order valence-corrected chi connectivity index (χ2v) is 6.47. The van der Waals surface area contributed by atoms with Crippen LogP contribution in [0.2, 0.25) is 0 Å². The fourth-order valence-electron chi connectivity index (χ4n) is 3.38. The molecule has 2 atom stereocenters. The van der Waals surface area contributed by atoms with Crippen LogP contribution in [0.15, 0.2) is 35.1 Å². The topological polar surface area (TPSA) is 42.4 Å². The van der Waals surface area contributed by atoms with Crippen LogP contribution >= 0.6 is 0 Å². The van der Waals surface area contributed by atoms with Gasteiger partial charge < -0.3 is 10.2 Å². The van der Waals surface area contributed by atoms with E-state index in [9.17, 15) is 13.2 Å². The van der Waals surface area contributed by atoms with Gasteiger partial charge in [0.25, 0.3) is 0 Å². The van der Waals surface area contributed by atoms with Crippen LogP contribution in [-0.2, 0) is 13.1 Å². The van der Waals surface area contributed by atoms with E-state index in [0.717, 1.165) is 25.2 Å². The molecule has 4 rings (SSSR count). The van der Waals surface area contributed by atoms with Crippen molar-refractivity contribution in [2.75, 3.05) is 0 Å². The van der Waals surface area contributed by atoms with Crippen LogP contribution in [0, 0.1) is 17.5 Å². The average molecular weight is 338 g/mol. The molecule has 1 aromatic heterocycles. The molecular weight excluding hydrogens is 317 g/mol. The summed E-state index contributed by atoms with van der Waals surface area (Å²) in [4.78, 5) is 2.55. The van der Waals surface area contributed by atoms with Crippen molar-refractivity contribution in [3.05, 3.63) is 59.3 Å². The number of nitrogens with two attached hydrogens (primary N) is 1. The summed E-state index contributed by atoms with van der Waals surface area (Å²) in [6.07, 6.45) is 8.75. The number of rotatable bonds is 1. The molecule has 3 nitrogen and oxygen atoms in total. The van der Waals surface area contributed by atoms with E-state index in [0.29, 0.717) is 18.2 Å². The Morgan fingerprint density at radius 3 is 2.29 bits per heavy atom. The van der Waals surface area contributed by atoms with E-state index in [1.807, 2.05) is 12.5 Å². The second-order valence-electron chi connectivity index (χ2n) is 6.47. The number of benzene rings is 1. The summed E-state index contributed by atoms with van der Waals surface area (Å²) in [5.74, 6) is -2.96. The highest BCUT2D eigenvalue weighted by atomic mass is 19.2. The fraction of sp³-hybridized carbons (Fsp3) is 0.444. The van der Waals surface area contributed by atoms with Gasteiger partial charge >= 0.3 is 0 Å². The molecule has 6 heteroatoms. The van der Waals surface area contributed by atoms with Gasteiger partial charge in [-0.15, -0.1) is 0 Å². The quantitative estimate of drug-likeness (QED) is 0.800. The third-order valence-electron chi connectivity index (χ3n) is 4.67. The van der Waals surface area contributed by atoms with Crippen LogP contribution in [0.5, 0.6) is 0 Å². The van der Waals surface area contributed by atoms with Gasteiger partial charge in [0.15, 0.2) is 11.6 Å². The standard InChI is InChI=1S/C12H18N2O.C6H3F3/c13-11-2-1-3-12(4-11)14-5-9-7-15-8-10(9)6-14;7-4-1-2-5(8)6(9)3-4/h7-8,11-12H,1-6,13H2;1-3H/t11-,12?;/m1./s1. The highest BCUT2D eigenvalue weighted by molar-refractivity contribution is 5.25. The number of nitrogens with zero attached hydrogens (tertiary/aromatic N) is 1. The molecule has 0 amide bonds. The predicted molar refractivity (Wildman–Crippen MR) is 84.5 cm³/mol. The van der Waals surface area contributed by atoms with Crippen molar-refractivity contribution in [2.24, 2.45) is 5.73 Å². The van der Waals surface area contributed by atoms with E-state index in [1.165, 1.54) is 36.8 Å². The van der Waals surface area contributed by atoms with E-state index in [-0.39, 0.29) is 0 Å². The molecule has 1 fully saturated rings. The molecule has 2 aliphatic rings. The Morgan fingerprint density at radius 1 is 1.00 bits per heavy atom. The maximum atomic E-state index is 12.0. The Balaban J connectivity index is 0.000000162. The number of hydrogen-bond donors (Lipinski definition) is 1. The molecule has 0 spiro atoms. The Hall–Kier alpha value is -1.79. The number of furan rings is 1. The van der Waals surface area contributed by atoms with Gasteiger partial charge in [0.2, 0.25) is 0 Å². The lowest BCUT2D eigenvalue weighted by molar-refractivity contribution is 0.145. The Bertz CT molecular complexity index is 668. The van der Waals surface area contributed by atoms with Gasteiger partial charge in [0, 0.05) is 42.4 Å². The van der Waals surface area contributed by atoms with Crippen LogP contribution in [0.3, 0.4) is 0 Å². The molecule has 2 N–H and O–H groups in total. The van der Waals surface area contributed by atoms with Gasteiger partial charge in [-0.3, -0.25) is 4.90 Å². The van der Waals surface area contributed by atoms with Gasteiger partial charge in [-0.2, -0.15) is 0 Å². The zero-order valence-corrected chi connectivity index (χ0v) is 13.4. The monoisotopic (exact) mass is 338 g/mol. The summed E-state index contributed by atoms with van der Waals surface area (Å²) >= 11 is 0. The van der Waals surface area contributed by atoms with E-state index in [2.05, 4.69) is 4.90 Å². The molecule has 24 heavy (non-hydrogen) atoms. The van der Waals surface area contributed by atoms with Crippen molar-refractivity contribution < 1.29 is 17.6 Å². The molecule has 1 unspecified atom stereocenters. The van der Waals surface area contributed by atoms with Crippen LogP contribution in [-0.4, -0.2) is 17.0 Å². The minimum absolute atomic E-state index is 0.420. The summed E-state index contributed by atoms with van der Waals surface area (Å²) in [5, 5.41) is 0. The van der Waals surface area contributed by atoms with Gasteiger partial charge in [0.05, 0.1) is 12.5 Å². The first-order valence-corrected chi connectivity index (χ1v) is 8.17. The van der Waals surface area contributed by atoms with Gasteiger partial charge in [-0.25, -0.2) is 13.2 Å². The lowest BCUT2D eigenvalue weighted by Crippen LogP contribution is -2.40. The highest BCUT2D eigenvalue weighted by Gasteiger charge is 2.30. The maximum absolute atomic E-state index is 12.0. The molecule has 1 saturated carbocycles. The first-order chi connectivity index (χ1) is 11.5. The number of hydrogen-bond acceptors (Lipinski definition) is 3. The number of halogens is 3. The summed E-state index contributed by atoms with van der Waals surface area (Å²) < 4.78 is 41.1. The first-order valence-electron chi connectivity index (χ1n) is 8.17. The predicted octanol–water partition coefficient (Wildman–Crippen LogP) is 3.97. The summed E-state index contributed by atoms with van der Waals surface area (Å²) in [7, 11) is 0. The van der Waals surface area contributed by atoms with E-state index < -0.39 is 17.5 Å². The summed E-state index contributed by atoms with van der Waals surface area (Å²) in [6, 6.07) is 3.21. The van der Waals surface area contributed by atoms with Crippen LogP contribution in [0.25, 0.3) is 0 Å². The normalized spacial score (nSPS) is 23.5. The molecule has 1 aliphatic heterocycles. The Labute approximate surface area is 139 Å². The third-order valence-corrected chi connectivity index (χ3v) is 4.67. The molecule has 2 heterocycles. The van der Waals surface area contributed by atoms with Crippen molar-refractivity contribution >= 4 is 0 Å². The molecule has 0 saturated heterocycles. The average Bonchev–Trinajstić information content (AvgIpc) is 3.13. The zero-order valence-electron chi connectivity index (χ0n) is 13.4. The van der Waals surface area contributed by atoms with Crippen LogP contribution in [0.4, 0.5) is 13.2 Å². The van der Waals surface area contributed by atoms with Crippen molar-refractivity contribution in [1.29, 1.82) is 0 Å². The molecule has 1 aromatic carbocycles. The van der Waals surface area contributed by atoms with Crippen LogP contribution < -0.4 is 5.73 Å². The lowest BCUT2D eigenvalue weighted by atomic mass is 9.91. The van der Waals surface area contributed by atoms with E-state index >= 15 is 0 Å². The molecule has 130 valence electrons. The van der Waals surface area contributed by atoms with Crippen molar-refractivity contribution in [2.45, 2.75) is 50.9 Å². The highest BCUT2D eigenvalue weighted by Crippen LogP contribution is 2.30. The van der Waals surface area contributed by atoms with Gasteiger partial charge in [-0.05, 0) is 31.4 Å². The van der Waals surface area contributed by atoms with Crippen molar-refractivity contribution in [1.82, 2.24) is 4.90 Å². The van der Waals surface area contributed by atoms with Crippen molar-refractivity contribution in [3.63, 3.8) is 0 Å². The lowest BCUT2D eigenvalue weighted by Gasteiger charge is -2.33. The second kappa shape index (κ2) is 7.40. The molecule has 0 radical (unpaired) electrons. The third kappa shape index (κ3) is 3.99. The van der Waals surface area contributed by atoms with Gasteiger partial charge in [-0.1, -0.05) is 6.42 Å². The minimum atomic E-state index is -1.16. The Morgan fingerprint density at radius 2 is 1.71 bits per heavy atom. The molecule has 1 aliphatic carbocycles. The largest absolute Gasteiger partial charge is 0.472 e. The molecule has 2 aromatic rings. The van der Waals surface area contributed by atoms with E-state index in [4.69, 9.17) is 10.2 Å². The van der Waals surface area contributed by atoms with Crippen molar-refractivity contribution in [3.8, 4) is 0 Å². The maximum Gasteiger partial charge on any atom is 0.161 e. The molecular formula is C18H21F3N2O.